The van der Waals surface area contributed by atoms with Crippen LogP contribution in [-0.4, -0.2) is 68.4 Å². The second-order valence-corrected chi connectivity index (χ2v) is 6.72. The first-order valence-corrected chi connectivity index (χ1v) is 8.79. The summed E-state index contributed by atoms with van der Waals surface area (Å²) in [6.07, 6.45) is 10.0. The number of fused-ring (bicyclic) bond motifs is 1. The molecule has 3 aliphatic heterocycles. The number of methoxy groups -OCH3 is 2. The normalized spacial score (nSPS) is 24.2. The topological polar surface area (TPSA) is 42.0 Å². The number of ether oxygens (including phenoxy) is 2. The maximum absolute atomic E-state index is 11.0. The molecule has 0 aromatic carbocycles. The van der Waals surface area contributed by atoms with Gasteiger partial charge in [-0.3, -0.25) is 4.90 Å². The van der Waals surface area contributed by atoms with Gasteiger partial charge >= 0.3 is 6.09 Å². The fourth-order valence-corrected chi connectivity index (χ4v) is 4.11. The summed E-state index contributed by atoms with van der Waals surface area (Å²) in [4.78, 5) is 15.4. The molecule has 3 rings (SSSR count). The Morgan fingerprint density at radius 2 is 1.50 bits per heavy atom. The van der Waals surface area contributed by atoms with Crippen LogP contribution in [0.5, 0.6) is 0 Å². The Balaban J connectivity index is 0.000000160. The van der Waals surface area contributed by atoms with Crippen LogP contribution < -0.4 is 0 Å². The van der Waals surface area contributed by atoms with Crippen molar-refractivity contribution in [3.05, 3.63) is 0 Å². The molecule has 0 bridgehead atoms. The monoisotopic (exact) mass is 312 g/mol. The summed E-state index contributed by atoms with van der Waals surface area (Å²) < 4.78 is 9.92. The van der Waals surface area contributed by atoms with E-state index in [2.05, 4.69) is 9.64 Å². The number of nitrogens with zero attached hydrogens (tertiary/aromatic N) is 2. The van der Waals surface area contributed by atoms with Crippen molar-refractivity contribution in [3.8, 4) is 0 Å². The highest BCUT2D eigenvalue weighted by atomic mass is 16.5. The molecule has 3 saturated heterocycles. The zero-order valence-electron chi connectivity index (χ0n) is 14.3. The van der Waals surface area contributed by atoms with E-state index in [0.717, 1.165) is 32.5 Å². The lowest BCUT2D eigenvalue weighted by molar-refractivity contribution is 0.0655. The maximum Gasteiger partial charge on any atom is 0.409 e. The second-order valence-electron chi connectivity index (χ2n) is 6.72. The molecule has 3 aliphatic rings. The molecule has 0 aliphatic carbocycles. The van der Waals surface area contributed by atoms with E-state index >= 15 is 0 Å². The van der Waals surface area contributed by atoms with Gasteiger partial charge in [0, 0.05) is 25.7 Å². The van der Waals surface area contributed by atoms with Crippen LogP contribution in [0.1, 0.15) is 51.4 Å². The molecule has 0 radical (unpaired) electrons. The zero-order chi connectivity index (χ0) is 15.8. The molecular formula is C17H32N2O3. The molecule has 0 unspecified atom stereocenters. The minimum Gasteiger partial charge on any atom is -0.453 e. The number of amides is 1. The van der Waals surface area contributed by atoms with Crippen LogP contribution in [0.4, 0.5) is 4.79 Å². The predicted molar refractivity (Wildman–Crippen MR) is 87.1 cm³/mol. The largest absolute Gasteiger partial charge is 0.453 e. The molecule has 3 heterocycles. The van der Waals surface area contributed by atoms with Gasteiger partial charge in [0.1, 0.15) is 0 Å². The van der Waals surface area contributed by atoms with Gasteiger partial charge in [0.05, 0.1) is 13.7 Å². The lowest BCUT2D eigenvalue weighted by atomic mass is 9.95. The Morgan fingerprint density at radius 1 is 0.909 bits per heavy atom. The van der Waals surface area contributed by atoms with Crippen molar-refractivity contribution < 1.29 is 14.3 Å². The third-order valence-corrected chi connectivity index (χ3v) is 5.26. The zero-order valence-corrected chi connectivity index (χ0v) is 14.3. The predicted octanol–water partition coefficient (Wildman–Crippen LogP) is 2.89. The third-order valence-electron chi connectivity index (χ3n) is 5.26. The molecule has 0 N–H and O–H groups in total. The highest BCUT2D eigenvalue weighted by Crippen LogP contribution is 2.38. The van der Waals surface area contributed by atoms with Gasteiger partial charge < -0.3 is 14.4 Å². The summed E-state index contributed by atoms with van der Waals surface area (Å²) in [5.41, 5.74) is 0.467. The Kier molecular flexibility index (Phi) is 6.96. The van der Waals surface area contributed by atoms with Gasteiger partial charge in [0.25, 0.3) is 0 Å². The van der Waals surface area contributed by atoms with Gasteiger partial charge in [-0.25, -0.2) is 4.79 Å². The van der Waals surface area contributed by atoms with Crippen molar-refractivity contribution in [2.24, 2.45) is 0 Å². The summed E-state index contributed by atoms with van der Waals surface area (Å²) in [5.74, 6) is 0. The van der Waals surface area contributed by atoms with E-state index in [0.29, 0.717) is 5.54 Å². The van der Waals surface area contributed by atoms with Crippen molar-refractivity contribution in [2.75, 3.05) is 47.0 Å². The SMILES string of the molecule is COC(=O)N1CCCCCC1.COCC12CCCN1CCC2. The molecule has 3 fully saturated rings. The average molecular weight is 312 g/mol. The first-order chi connectivity index (χ1) is 10.7. The lowest BCUT2D eigenvalue weighted by Gasteiger charge is -2.30. The number of hydrogen-bond acceptors (Lipinski definition) is 4. The molecule has 5 nitrogen and oxygen atoms in total. The van der Waals surface area contributed by atoms with E-state index in [-0.39, 0.29) is 6.09 Å². The summed E-state index contributed by atoms with van der Waals surface area (Å²) in [6.45, 7) is 5.30. The Hall–Kier alpha value is -0.810. The number of hydrogen-bond donors (Lipinski definition) is 0. The lowest BCUT2D eigenvalue weighted by Crippen LogP contribution is -2.42. The van der Waals surface area contributed by atoms with Gasteiger partial charge in [-0.2, -0.15) is 0 Å². The van der Waals surface area contributed by atoms with Gasteiger partial charge in [-0.15, -0.1) is 0 Å². The van der Waals surface area contributed by atoms with Gasteiger partial charge in [-0.05, 0) is 51.6 Å². The highest BCUT2D eigenvalue weighted by Gasteiger charge is 2.43. The maximum atomic E-state index is 11.0. The van der Waals surface area contributed by atoms with Crippen LogP contribution in [0.15, 0.2) is 0 Å². The Morgan fingerprint density at radius 3 is 2.00 bits per heavy atom. The van der Waals surface area contributed by atoms with Gasteiger partial charge in [0.2, 0.25) is 0 Å². The number of rotatable bonds is 2. The molecular weight excluding hydrogens is 280 g/mol. The first-order valence-electron chi connectivity index (χ1n) is 8.79. The van der Waals surface area contributed by atoms with Crippen LogP contribution >= 0.6 is 0 Å². The van der Waals surface area contributed by atoms with Crippen LogP contribution in [-0.2, 0) is 9.47 Å². The minimum absolute atomic E-state index is 0.174. The number of likely N-dealkylation sites (tertiary alicyclic amines) is 1. The fraction of sp³-hybridized carbons (Fsp3) is 0.941. The van der Waals surface area contributed by atoms with E-state index in [1.54, 1.807) is 4.90 Å². The van der Waals surface area contributed by atoms with Crippen molar-refractivity contribution in [1.29, 1.82) is 0 Å². The number of carbonyl (C=O) groups is 1. The molecule has 128 valence electrons. The smallest absolute Gasteiger partial charge is 0.409 e. The molecule has 0 atom stereocenters. The van der Waals surface area contributed by atoms with Crippen LogP contribution in [0, 0.1) is 0 Å². The fourth-order valence-electron chi connectivity index (χ4n) is 4.11. The highest BCUT2D eigenvalue weighted by molar-refractivity contribution is 5.67. The van der Waals surface area contributed by atoms with Crippen molar-refractivity contribution >= 4 is 6.09 Å². The second kappa shape index (κ2) is 8.73. The molecule has 0 spiro atoms. The summed E-state index contributed by atoms with van der Waals surface area (Å²) >= 11 is 0. The first kappa shape index (κ1) is 17.5. The quantitative estimate of drug-likeness (QED) is 0.786. The summed E-state index contributed by atoms with van der Waals surface area (Å²) in [5, 5.41) is 0. The van der Waals surface area contributed by atoms with E-state index in [9.17, 15) is 4.79 Å². The standard InChI is InChI=1S/C9H17NO.C8H15NO2/c1-11-8-9-4-2-6-10(9)7-3-5-9;1-11-8(10)9-6-4-2-3-5-7-9/h2-8H2,1H3;2-7H2,1H3. The Labute approximate surface area is 134 Å². The molecule has 0 aromatic rings. The van der Waals surface area contributed by atoms with Gasteiger partial charge in [-0.1, -0.05) is 12.8 Å². The minimum atomic E-state index is -0.174. The molecule has 5 heteroatoms. The average Bonchev–Trinajstić information content (AvgIpc) is 2.96. The molecule has 22 heavy (non-hydrogen) atoms. The van der Waals surface area contributed by atoms with E-state index < -0.39 is 0 Å². The summed E-state index contributed by atoms with van der Waals surface area (Å²) in [6, 6.07) is 0. The Bertz CT molecular complexity index is 331. The van der Waals surface area contributed by atoms with Crippen molar-refractivity contribution in [2.45, 2.75) is 56.9 Å². The van der Waals surface area contributed by atoms with E-state index in [1.807, 2.05) is 7.11 Å². The van der Waals surface area contributed by atoms with E-state index in [4.69, 9.17) is 4.74 Å². The molecule has 0 saturated carbocycles. The molecule has 1 amide bonds. The van der Waals surface area contributed by atoms with E-state index in [1.165, 1.54) is 58.7 Å². The molecule has 0 aromatic heterocycles. The van der Waals surface area contributed by atoms with Crippen LogP contribution in [0.25, 0.3) is 0 Å². The summed E-state index contributed by atoms with van der Waals surface area (Å²) in [7, 11) is 3.26. The number of carbonyl (C=O) groups excluding carboxylic acids is 1. The van der Waals surface area contributed by atoms with Crippen molar-refractivity contribution in [1.82, 2.24) is 9.80 Å². The van der Waals surface area contributed by atoms with Crippen LogP contribution in [0.2, 0.25) is 0 Å². The van der Waals surface area contributed by atoms with Crippen LogP contribution in [0.3, 0.4) is 0 Å². The third kappa shape index (κ3) is 4.35. The van der Waals surface area contributed by atoms with Gasteiger partial charge in [0.15, 0.2) is 0 Å². The van der Waals surface area contributed by atoms with Crippen molar-refractivity contribution in [3.63, 3.8) is 0 Å².